The van der Waals surface area contributed by atoms with E-state index >= 15 is 0 Å². The Hall–Kier alpha value is -3.72. The van der Waals surface area contributed by atoms with Crippen LogP contribution in [0.1, 0.15) is 29.6 Å². The molecule has 1 saturated heterocycles. The number of benzene rings is 1. The molecule has 0 atom stereocenters. The molecule has 0 amide bonds. The van der Waals surface area contributed by atoms with Gasteiger partial charge in [0, 0.05) is 50.2 Å². The summed E-state index contributed by atoms with van der Waals surface area (Å²) in [6.07, 6.45) is 7.38. The maximum atomic E-state index is 14.4. The molecular weight excluding hydrogens is 423 g/mol. The van der Waals surface area contributed by atoms with Crippen LogP contribution in [0.25, 0.3) is 28.5 Å². The molecule has 1 aromatic carbocycles. The molecule has 5 rings (SSSR count). The van der Waals surface area contributed by atoms with Crippen LogP contribution in [0.4, 0.5) is 4.39 Å². The van der Waals surface area contributed by atoms with E-state index in [9.17, 15) is 9.18 Å². The number of rotatable bonds is 6. The van der Waals surface area contributed by atoms with Crippen LogP contribution in [-0.4, -0.2) is 48.5 Å². The van der Waals surface area contributed by atoms with E-state index in [4.69, 9.17) is 4.74 Å². The number of ketones is 1. The minimum absolute atomic E-state index is 0.0998. The summed E-state index contributed by atoms with van der Waals surface area (Å²) in [5, 5.41) is 8.21. The maximum absolute atomic E-state index is 14.4. The molecule has 1 fully saturated rings. The van der Waals surface area contributed by atoms with E-state index in [1.54, 1.807) is 65.3 Å². The number of aryl methyl sites for hydroxylation is 1. The van der Waals surface area contributed by atoms with E-state index in [1.807, 2.05) is 0 Å². The SMILES string of the molecule is Cn1nnc(-c2ccccc2F)c1-c1cn(-c2ccc(C(=O)CC3CCOCC3)cn2)cn1. The molecule has 9 heteroatoms. The first kappa shape index (κ1) is 21.1. The minimum Gasteiger partial charge on any atom is -0.381 e. The van der Waals surface area contributed by atoms with Crippen molar-refractivity contribution in [3.63, 3.8) is 0 Å². The third kappa shape index (κ3) is 4.31. The lowest BCUT2D eigenvalue weighted by molar-refractivity contribution is 0.0601. The van der Waals surface area contributed by atoms with Crippen LogP contribution in [0.3, 0.4) is 0 Å². The Kier molecular flexibility index (Phi) is 5.78. The number of imidazole rings is 1. The molecule has 168 valence electrons. The molecular formula is C24H23FN6O2. The van der Waals surface area contributed by atoms with Gasteiger partial charge in [0.15, 0.2) is 5.78 Å². The number of ether oxygens (including phenoxy) is 1. The van der Waals surface area contributed by atoms with Crippen LogP contribution in [0.5, 0.6) is 0 Å². The molecule has 0 aliphatic carbocycles. The molecule has 8 nitrogen and oxygen atoms in total. The summed E-state index contributed by atoms with van der Waals surface area (Å²) in [4.78, 5) is 21.5. The lowest BCUT2D eigenvalue weighted by atomic mass is 9.92. The second kappa shape index (κ2) is 9.03. The molecule has 4 heterocycles. The average molecular weight is 446 g/mol. The van der Waals surface area contributed by atoms with Crippen LogP contribution >= 0.6 is 0 Å². The van der Waals surface area contributed by atoms with Gasteiger partial charge in [-0.25, -0.2) is 19.0 Å². The van der Waals surface area contributed by atoms with Gasteiger partial charge in [-0.05, 0) is 43.0 Å². The maximum Gasteiger partial charge on any atom is 0.164 e. The molecule has 0 radical (unpaired) electrons. The Balaban J connectivity index is 1.37. The van der Waals surface area contributed by atoms with Crippen molar-refractivity contribution in [2.24, 2.45) is 13.0 Å². The molecule has 0 saturated carbocycles. The lowest BCUT2D eigenvalue weighted by Crippen LogP contribution is -2.18. The summed E-state index contributed by atoms with van der Waals surface area (Å²) in [7, 11) is 1.74. The number of halogens is 1. The van der Waals surface area contributed by atoms with E-state index in [-0.39, 0.29) is 11.6 Å². The summed E-state index contributed by atoms with van der Waals surface area (Å²) < 4.78 is 23.0. The van der Waals surface area contributed by atoms with Crippen LogP contribution in [0.15, 0.2) is 55.1 Å². The van der Waals surface area contributed by atoms with Gasteiger partial charge in [0.05, 0.1) is 0 Å². The molecule has 4 aromatic rings. The van der Waals surface area contributed by atoms with Gasteiger partial charge in [0.2, 0.25) is 0 Å². The highest BCUT2D eigenvalue weighted by Crippen LogP contribution is 2.30. The fourth-order valence-corrected chi connectivity index (χ4v) is 4.08. The Morgan fingerprint density at radius 1 is 1.15 bits per heavy atom. The van der Waals surface area contributed by atoms with Gasteiger partial charge in [0.25, 0.3) is 0 Å². The van der Waals surface area contributed by atoms with Gasteiger partial charge >= 0.3 is 0 Å². The number of nitrogens with zero attached hydrogens (tertiary/aromatic N) is 6. The number of hydrogen-bond acceptors (Lipinski definition) is 6. The number of carbonyl (C=O) groups is 1. The van der Waals surface area contributed by atoms with Crippen molar-refractivity contribution in [2.75, 3.05) is 13.2 Å². The van der Waals surface area contributed by atoms with Gasteiger partial charge in [-0.1, -0.05) is 17.3 Å². The molecule has 33 heavy (non-hydrogen) atoms. The van der Waals surface area contributed by atoms with Crippen LogP contribution in [0.2, 0.25) is 0 Å². The van der Waals surface area contributed by atoms with Crippen molar-refractivity contribution in [3.05, 3.63) is 66.5 Å². The van der Waals surface area contributed by atoms with E-state index in [1.165, 1.54) is 6.07 Å². The van der Waals surface area contributed by atoms with Crippen molar-refractivity contribution in [1.82, 2.24) is 29.5 Å². The van der Waals surface area contributed by atoms with Crippen LogP contribution in [0, 0.1) is 11.7 Å². The summed E-state index contributed by atoms with van der Waals surface area (Å²) in [5.74, 6) is 0.723. The van der Waals surface area contributed by atoms with Crippen molar-refractivity contribution in [3.8, 4) is 28.5 Å². The first-order valence-electron chi connectivity index (χ1n) is 10.9. The Morgan fingerprint density at radius 3 is 2.73 bits per heavy atom. The zero-order valence-electron chi connectivity index (χ0n) is 18.2. The topological polar surface area (TPSA) is 87.7 Å². The van der Waals surface area contributed by atoms with Crippen LogP contribution in [-0.2, 0) is 11.8 Å². The molecule has 0 N–H and O–H groups in total. The predicted octanol–water partition coefficient (Wildman–Crippen LogP) is 3.87. The molecule has 3 aromatic heterocycles. The predicted molar refractivity (Wildman–Crippen MR) is 119 cm³/mol. The number of carbonyl (C=O) groups excluding carboxylic acids is 1. The van der Waals surface area contributed by atoms with Gasteiger partial charge in [-0.3, -0.25) is 9.36 Å². The minimum atomic E-state index is -0.374. The fourth-order valence-electron chi connectivity index (χ4n) is 4.08. The van der Waals surface area contributed by atoms with Crippen molar-refractivity contribution >= 4 is 5.78 Å². The number of hydrogen-bond donors (Lipinski definition) is 0. The van der Waals surface area contributed by atoms with Gasteiger partial charge in [0.1, 0.15) is 35.0 Å². The third-order valence-electron chi connectivity index (χ3n) is 5.93. The standard InChI is InChI=1S/C24H23FN6O2/c1-30-24(23(28-29-30)18-4-2-3-5-19(18)25)20-14-31(15-27-20)22-7-6-17(13-26-22)21(32)12-16-8-10-33-11-9-16/h2-7,13-16H,8-12H2,1H3. The Labute approximate surface area is 190 Å². The van der Waals surface area contributed by atoms with E-state index in [0.29, 0.717) is 46.4 Å². The largest absolute Gasteiger partial charge is 0.381 e. The van der Waals surface area contributed by atoms with Crippen molar-refractivity contribution < 1.29 is 13.9 Å². The lowest BCUT2D eigenvalue weighted by Gasteiger charge is -2.21. The number of Topliss-reactive ketones (excluding diaryl/α,β-unsaturated/α-hetero) is 1. The third-order valence-corrected chi connectivity index (χ3v) is 5.93. The normalized spacial score (nSPS) is 14.5. The van der Waals surface area contributed by atoms with E-state index in [2.05, 4.69) is 20.3 Å². The molecule has 0 spiro atoms. The van der Waals surface area contributed by atoms with Crippen molar-refractivity contribution in [1.29, 1.82) is 0 Å². The summed E-state index contributed by atoms with van der Waals surface area (Å²) in [5.41, 5.74) is 2.57. The van der Waals surface area contributed by atoms with Gasteiger partial charge < -0.3 is 4.74 Å². The molecule has 1 aliphatic rings. The molecule has 0 unspecified atom stereocenters. The highest BCUT2D eigenvalue weighted by Gasteiger charge is 2.21. The van der Waals surface area contributed by atoms with Crippen LogP contribution < -0.4 is 0 Å². The quantitative estimate of drug-likeness (QED) is 0.418. The molecule has 0 bridgehead atoms. The smallest absolute Gasteiger partial charge is 0.164 e. The second-order valence-electron chi connectivity index (χ2n) is 8.14. The fraction of sp³-hybridized carbons (Fsp3) is 0.292. The summed E-state index contributed by atoms with van der Waals surface area (Å²) in [6.45, 7) is 1.45. The first-order valence-corrected chi connectivity index (χ1v) is 10.9. The average Bonchev–Trinajstić information content (AvgIpc) is 3.47. The monoisotopic (exact) mass is 446 g/mol. The Morgan fingerprint density at radius 2 is 1.97 bits per heavy atom. The zero-order chi connectivity index (χ0) is 22.8. The highest BCUT2D eigenvalue weighted by molar-refractivity contribution is 5.96. The van der Waals surface area contributed by atoms with Gasteiger partial charge in [-0.15, -0.1) is 5.10 Å². The first-order chi connectivity index (χ1) is 16.1. The number of aromatic nitrogens is 6. The van der Waals surface area contributed by atoms with Crippen molar-refractivity contribution in [2.45, 2.75) is 19.3 Å². The number of pyridine rings is 1. The second-order valence-corrected chi connectivity index (χ2v) is 8.14. The summed E-state index contributed by atoms with van der Waals surface area (Å²) >= 11 is 0. The van der Waals surface area contributed by atoms with E-state index < -0.39 is 0 Å². The van der Waals surface area contributed by atoms with Gasteiger partial charge in [-0.2, -0.15) is 0 Å². The van der Waals surface area contributed by atoms with E-state index in [0.717, 1.165) is 26.1 Å². The Bertz CT molecular complexity index is 1270. The molecule has 1 aliphatic heterocycles. The summed E-state index contributed by atoms with van der Waals surface area (Å²) in [6, 6.07) is 10.0. The highest BCUT2D eigenvalue weighted by atomic mass is 19.1. The zero-order valence-corrected chi connectivity index (χ0v) is 18.2.